The second kappa shape index (κ2) is 6.31. The van der Waals surface area contributed by atoms with Crippen LogP contribution in [0.1, 0.15) is 23.3 Å². The summed E-state index contributed by atoms with van der Waals surface area (Å²) < 4.78 is 12.4. The van der Waals surface area contributed by atoms with E-state index in [9.17, 15) is 4.21 Å². The highest BCUT2D eigenvalue weighted by Gasteiger charge is 2.18. The van der Waals surface area contributed by atoms with Gasteiger partial charge in [-0.15, -0.1) is 0 Å². The van der Waals surface area contributed by atoms with Gasteiger partial charge in [-0.05, 0) is 23.5 Å². The molecule has 0 heterocycles. The van der Waals surface area contributed by atoms with E-state index in [1.165, 1.54) is 0 Å². The fourth-order valence-electron chi connectivity index (χ4n) is 1.93. The maximum atomic E-state index is 12.4. The van der Waals surface area contributed by atoms with Crippen LogP contribution in [0, 0.1) is 0 Å². The first-order valence-corrected chi connectivity index (χ1v) is 7.22. The third kappa shape index (κ3) is 2.96. The summed E-state index contributed by atoms with van der Waals surface area (Å²) in [4.78, 5) is 0. The van der Waals surface area contributed by atoms with Gasteiger partial charge in [0.25, 0.3) is 0 Å². The van der Waals surface area contributed by atoms with Crippen molar-refractivity contribution in [3.8, 4) is 0 Å². The Morgan fingerprint density at radius 2 is 1.33 bits per heavy atom. The molecule has 0 N–H and O–H groups in total. The predicted octanol–water partition coefficient (Wildman–Crippen LogP) is 4.06. The molecule has 0 aliphatic rings. The normalized spacial score (nSPS) is 13.0. The summed E-state index contributed by atoms with van der Waals surface area (Å²) in [6.45, 7) is 1.89. The van der Waals surface area contributed by atoms with Gasteiger partial charge in [-0.3, -0.25) is 4.21 Å². The zero-order chi connectivity index (χ0) is 12.8. The van der Waals surface area contributed by atoms with Gasteiger partial charge in [-0.1, -0.05) is 66.7 Å². The highest BCUT2D eigenvalue weighted by Crippen LogP contribution is 2.28. The molecule has 1 atom stereocenters. The molecule has 0 amide bonds. The molecular weight excluding hydrogens is 240 g/mol. The van der Waals surface area contributed by atoms with E-state index in [4.69, 9.17) is 0 Å². The van der Waals surface area contributed by atoms with Crippen LogP contribution in [0.5, 0.6) is 0 Å². The molecule has 0 aliphatic carbocycles. The Morgan fingerprint density at radius 3 is 1.72 bits per heavy atom. The van der Waals surface area contributed by atoms with Crippen LogP contribution in [0.25, 0.3) is 0 Å². The molecule has 0 aromatic heterocycles. The van der Waals surface area contributed by atoms with E-state index < -0.39 is 10.8 Å². The lowest BCUT2D eigenvalue weighted by molar-refractivity contribution is 0.684. The summed E-state index contributed by atoms with van der Waals surface area (Å²) in [5, 5.41) is 1.66. The predicted molar refractivity (Wildman–Crippen MR) is 77.7 cm³/mol. The average molecular weight is 256 g/mol. The van der Waals surface area contributed by atoms with E-state index >= 15 is 0 Å². The monoisotopic (exact) mass is 256 g/mol. The lowest BCUT2D eigenvalue weighted by Gasteiger charge is -2.15. The van der Waals surface area contributed by atoms with Crippen LogP contribution < -0.4 is 0 Å². The quantitative estimate of drug-likeness (QED) is 0.806. The number of rotatable bonds is 4. The Labute approximate surface area is 111 Å². The Kier molecular flexibility index (Phi) is 4.48. The Hall–Kier alpha value is -1.67. The Morgan fingerprint density at radius 1 is 0.889 bits per heavy atom. The summed E-state index contributed by atoms with van der Waals surface area (Å²) >= 11 is 0. The van der Waals surface area contributed by atoms with Gasteiger partial charge in [0.05, 0.1) is 16.0 Å². The summed E-state index contributed by atoms with van der Waals surface area (Å²) in [5.74, 6) is 0. The molecule has 0 saturated carbocycles. The second-order valence-electron chi connectivity index (χ2n) is 4.00. The highest BCUT2D eigenvalue weighted by molar-refractivity contribution is 7.88. The molecule has 18 heavy (non-hydrogen) atoms. The van der Waals surface area contributed by atoms with Crippen molar-refractivity contribution in [2.45, 2.75) is 12.2 Å². The summed E-state index contributed by atoms with van der Waals surface area (Å²) in [7, 11) is -1.04. The molecule has 0 fully saturated rings. The molecule has 2 heteroatoms. The molecule has 2 aromatic carbocycles. The number of benzene rings is 2. The maximum absolute atomic E-state index is 12.4. The third-order valence-electron chi connectivity index (χ3n) is 2.71. The average Bonchev–Trinajstić information content (AvgIpc) is 2.42. The molecule has 1 nitrogen and oxygen atoms in total. The number of allylic oxidation sites excluding steroid dienone is 1. The van der Waals surface area contributed by atoms with Gasteiger partial charge in [0.15, 0.2) is 0 Å². The van der Waals surface area contributed by atoms with Gasteiger partial charge >= 0.3 is 0 Å². The lowest BCUT2D eigenvalue weighted by atomic mass is 10.0. The molecule has 0 saturated heterocycles. The van der Waals surface area contributed by atoms with Crippen LogP contribution in [0.15, 0.2) is 72.1 Å². The number of hydrogen-bond donors (Lipinski definition) is 0. The van der Waals surface area contributed by atoms with Crippen molar-refractivity contribution >= 4 is 10.8 Å². The molecular formula is C16H16OS. The molecule has 0 spiro atoms. The van der Waals surface area contributed by atoms with E-state index in [1.54, 1.807) is 5.41 Å². The molecule has 92 valence electrons. The van der Waals surface area contributed by atoms with Gasteiger partial charge < -0.3 is 0 Å². The van der Waals surface area contributed by atoms with Crippen molar-refractivity contribution < 1.29 is 4.21 Å². The van der Waals surface area contributed by atoms with Crippen molar-refractivity contribution in [3.05, 3.63) is 83.3 Å². The molecule has 1 unspecified atom stereocenters. The van der Waals surface area contributed by atoms with Crippen molar-refractivity contribution in [1.82, 2.24) is 0 Å². The van der Waals surface area contributed by atoms with Gasteiger partial charge in [0.1, 0.15) is 0 Å². The van der Waals surface area contributed by atoms with Crippen LogP contribution in [0.2, 0.25) is 0 Å². The minimum Gasteiger partial charge on any atom is -0.254 e. The third-order valence-corrected chi connectivity index (χ3v) is 4.26. The van der Waals surface area contributed by atoms with Crippen molar-refractivity contribution in [2.24, 2.45) is 0 Å². The molecule has 2 rings (SSSR count). The topological polar surface area (TPSA) is 17.1 Å². The highest BCUT2D eigenvalue weighted by atomic mass is 32.2. The van der Waals surface area contributed by atoms with E-state index in [1.807, 2.05) is 73.7 Å². The molecule has 0 radical (unpaired) electrons. The number of hydrogen-bond acceptors (Lipinski definition) is 1. The van der Waals surface area contributed by atoms with Crippen LogP contribution in [-0.2, 0) is 10.8 Å². The molecule has 2 aromatic rings. The largest absolute Gasteiger partial charge is 0.254 e. The van der Waals surface area contributed by atoms with Crippen molar-refractivity contribution in [3.63, 3.8) is 0 Å². The summed E-state index contributed by atoms with van der Waals surface area (Å²) in [5.41, 5.74) is 2.17. The summed E-state index contributed by atoms with van der Waals surface area (Å²) in [6, 6.07) is 20.0. The first-order chi connectivity index (χ1) is 8.83. The summed E-state index contributed by atoms with van der Waals surface area (Å²) in [6.07, 6.45) is 1.84. The van der Waals surface area contributed by atoms with Gasteiger partial charge in [0, 0.05) is 0 Å². The van der Waals surface area contributed by atoms with E-state index in [2.05, 4.69) is 0 Å². The zero-order valence-electron chi connectivity index (χ0n) is 10.3. The second-order valence-corrected chi connectivity index (χ2v) is 5.40. The Balaban J connectivity index is 2.45. The molecule has 0 aliphatic heterocycles. The molecule has 0 bridgehead atoms. The standard InChI is InChI=1S/C16H16OS/c1-2-13-18(17)16(14-9-5-3-6-10-14)15-11-7-4-8-12-15/h2-13,16H,1H3/b13-2-. The van der Waals surface area contributed by atoms with Crippen LogP contribution in [0.3, 0.4) is 0 Å². The first kappa shape index (κ1) is 12.8. The minimum absolute atomic E-state index is 0.0939. The zero-order valence-corrected chi connectivity index (χ0v) is 11.1. The maximum Gasteiger partial charge on any atom is 0.0887 e. The smallest absolute Gasteiger partial charge is 0.0887 e. The lowest BCUT2D eigenvalue weighted by Crippen LogP contribution is -2.06. The first-order valence-electron chi connectivity index (χ1n) is 5.95. The van der Waals surface area contributed by atoms with Crippen LogP contribution in [0.4, 0.5) is 0 Å². The Bertz CT molecular complexity index is 492. The van der Waals surface area contributed by atoms with Gasteiger partial charge in [-0.2, -0.15) is 0 Å². The fourth-order valence-corrected chi connectivity index (χ4v) is 3.21. The van der Waals surface area contributed by atoms with Crippen molar-refractivity contribution in [2.75, 3.05) is 0 Å². The van der Waals surface area contributed by atoms with Crippen LogP contribution >= 0.6 is 0 Å². The SMILES string of the molecule is C/C=C\S(=O)C(c1ccccc1)c1ccccc1. The van der Waals surface area contributed by atoms with Gasteiger partial charge in [-0.25, -0.2) is 0 Å². The van der Waals surface area contributed by atoms with Gasteiger partial charge in [0.2, 0.25) is 0 Å². The fraction of sp³-hybridized carbons (Fsp3) is 0.125. The van der Waals surface area contributed by atoms with Crippen molar-refractivity contribution in [1.29, 1.82) is 0 Å². The van der Waals surface area contributed by atoms with Crippen LogP contribution in [-0.4, -0.2) is 4.21 Å². The van der Waals surface area contributed by atoms with E-state index in [0.717, 1.165) is 11.1 Å². The van der Waals surface area contributed by atoms with E-state index in [-0.39, 0.29) is 5.25 Å². The van der Waals surface area contributed by atoms with E-state index in [0.29, 0.717) is 0 Å². The minimum atomic E-state index is -1.04.